The number of hydrogen-bond donors (Lipinski definition) is 1. The number of fused-ring (bicyclic) bond motifs is 1. The number of anilines is 1. The van der Waals surface area contributed by atoms with Crippen LogP contribution in [0.2, 0.25) is 0 Å². The maximum atomic E-state index is 12.3. The predicted molar refractivity (Wildman–Crippen MR) is 111 cm³/mol. The minimum atomic E-state index is -0.0161. The molecule has 5 nitrogen and oxygen atoms in total. The van der Waals surface area contributed by atoms with E-state index in [1.165, 1.54) is 24.9 Å². The van der Waals surface area contributed by atoms with Crippen LogP contribution in [-0.4, -0.2) is 28.4 Å². The number of nitrogens with zero attached hydrogens (tertiary/aromatic N) is 3. The maximum absolute atomic E-state index is 12.3. The van der Waals surface area contributed by atoms with E-state index in [0.29, 0.717) is 6.54 Å². The van der Waals surface area contributed by atoms with Crippen molar-refractivity contribution in [2.45, 2.75) is 32.2 Å². The van der Waals surface area contributed by atoms with Gasteiger partial charge in [-0.2, -0.15) is 0 Å². The van der Waals surface area contributed by atoms with E-state index in [4.69, 9.17) is 0 Å². The van der Waals surface area contributed by atoms with Crippen molar-refractivity contribution in [2.75, 3.05) is 18.0 Å². The van der Waals surface area contributed by atoms with Crippen LogP contribution >= 0.6 is 15.9 Å². The van der Waals surface area contributed by atoms with Gasteiger partial charge in [0.15, 0.2) is 0 Å². The lowest BCUT2D eigenvalue weighted by atomic mass is 10.1. The fourth-order valence-electron chi connectivity index (χ4n) is 3.51. The van der Waals surface area contributed by atoms with Gasteiger partial charge >= 0.3 is 0 Å². The molecule has 0 aliphatic carbocycles. The Balaban J connectivity index is 1.31. The quantitative estimate of drug-likeness (QED) is 0.671. The van der Waals surface area contributed by atoms with E-state index in [-0.39, 0.29) is 12.3 Å². The van der Waals surface area contributed by atoms with Crippen LogP contribution in [-0.2, 0) is 17.8 Å². The molecule has 3 heterocycles. The first-order valence-electron chi connectivity index (χ1n) is 9.41. The number of halogens is 1. The van der Waals surface area contributed by atoms with Gasteiger partial charge in [-0.25, -0.2) is 4.98 Å². The van der Waals surface area contributed by atoms with Gasteiger partial charge in [0, 0.05) is 42.2 Å². The fraction of sp³-hybridized carbons (Fsp3) is 0.333. The van der Waals surface area contributed by atoms with E-state index in [0.717, 1.165) is 34.5 Å². The van der Waals surface area contributed by atoms with Crippen LogP contribution in [0, 0.1) is 0 Å². The summed E-state index contributed by atoms with van der Waals surface area (Å²) in [6, 6.07) is 12.4. The Morgan fingerprint density at radius 3 is 2.59 bits per heavy atom. The molecule has 1 aliphatic rings. The molecule has 0 spiro atoms. The molecule has 27 heavy (non-hydrogen) atoms. The van der Waals surface area contributed by atoms with E-state index in [2.05, 4.69) is 55.4 Å². The molecule has 0 saturated carbocycles. The van der Waals surface area contributed by atoms with Gasteiger partial charge in [0.05, 0.1) is 12.1 Å². The highest BCUT2D eigenvalue weighted by Gasteiger charge is 2.11. The van der Waals surface area contributed by atoms with Crippen LogP contribution in [0.3, 0.4) is 0 Å². The number of hydrogen-bond acceptors (Lipinski definition) is 3. The van der Waals surface area contributed by atoms with Crippen molar-refractivity contribution in [3.63, 3.8) is 0 Å². The lowest BCUT2D eigenvalue weighted by molar-refractivity contribution is -0.120. The van der Waals surface area contributed by atoms with Gasteiger partial charge in [0.25, 0.3) is 0 Å². The third-order valence-corrected chi connectivity index (χ3v) is 5.42. The first kappa shape index (κ1) is 18.0. The number of pyridine rings is 1. The topological polar surface area (TPSA) is 49.6 Å². The lowest BCUT2D eigenvalue weighted by Crippen LogP contribution is -2.29. The van der Waals surface area contributed by atoms with Crippen molar-refractivity contribution in [2.24, 2.45) is 0 Å². The van der Waals surface area contributed by atoms with Gasteiger partial charge < -0.3 is 14.6 Å². The van der Waals surface area contributed by atoms with Crippen molar-refractivity contribution < 1.29 is 4.79 Å². The second-order valence-corrected chi connectivity index (χ2v) is 7.93. The second-order valence-electron chi connectivity index (χ2n) is 7.01. The number of carbonyl (C=O) groups is 1. The maximum Gasteiger partial charge on any atom is 0.226 e. The third kappa shape index (κ3) is 4.50. The Labute approximate surface area is 167 Å². The van der Waals surface area contributed by atoms with Gasteiger partial charge in [-0.3, -0.25) is 4.79 Å². The lowest BCUT2D eigenvalue weighted by Gasteiger charge is -2.28. The monoisotopic (exact) mass is 426 g/mol. The minimum Gasteiger partial charge on any atom is -0.372 e. The molecule has 1 aliphatic heterocycles. The summed E-state index contributed by atoms with van der Waals surface area (Å²) in [5.74, 6) is -0.0161. The number of amides is 1. The number of aromatic nitrogens is 2. The van der Waals surface area contributed by atoms with Gasteiger partial charge in [-0.15, -0.1) is 0 Å². The van der Waals surface area contributed by atoms with Crippen LogP contribution in [0.5, 0.6) is 0 Å². The second kappa shape index (κ2) is 8.13. The summed E-state index contributed by atoms with van der Waals surface area (Å²) < 4.78 is 2.91. The molecule has 0 unspecified atom stereocenters. The number of nitrogens with one attached hydrogen (secondary N) is 1. The van der Waals surface area contributed by atoms with Gasteiger partial charge in [-0.05, 0) is 65.0 Å². The molecule has 3 aromatic rings. The molecular weight excluding hydrogens is 404 g/mol. The summed E-state index contributed by atoms with van der Waals surface area (Å²) in [6.45, 7) is 2.83. The van der Waals surface area contributed by atoms with Crippen LogP contribution in [0.15, 0.2) is 53.3 Å². The zero-order valence-electron chi connectivity index (χ0n) is 15.2. The van der Waals surface area contributed by atoms with E-state index >= 15 is 0 Å². The third-order valence-electron chi connectivity index (χ3n) is 4.95. The number of benzene rings is 1. The van der Waals surface area contributed by atoms with Crippen LogP contribution in [0.25, 0.3) is 5.65 Å². The number of piperidine rings is 1. The van der Waals surface area contributed by atoms with Gasteiger partial charge in [-0.1, -0.05) is 12.1 Å². The molecule has 6 heteroatoms. The molecule has 1 aromatic carbocycles. The Morgan fingerprint density at radius 1 is 1.04 bits per heavy atom. The molecule has 1 fully saturated rings. The molecule has 140 valence electrons. The average molecular weight is 427 g/mol. The summed E-state index contributed by atoms with van der Waals surface area (Å²) in [6.07, 6.45) is 8.01. The number of carbonyl (C=O) groups excluding carboxylic acids is 1. The SMILES string of the molecule is O=C(Cc1cn2cc(Br)ccc2n1)NCc1ccc(N2CCCCC2)cc1. The largest absolute Gasteiger partial charge is 0.372 e. The summed E-state index contributed by atoms with van der Waals surface area (Å²) in [7, 11) is 0. The van der Waals surface area contributed by atoms with E-state index in [9.17, 15) is 4.79 Å². The normalized spacial score (nSPS) is 14.5. The van der Waals surface area contributed by atoms with Crippen molar-refractivity contribution in [1.29, 1.82) is 0 Å². The Hall–Kier alpha value is -2.34. The summed E-state index contributed by atoms with van der Waals surface area (Å²) in [5.41, 5.74) is 4.00. The highest BCUT2D eigenvalue weighted by atomic mass is 79.9. The van der Waals surface area contributed by atoms with Crippen molar-refractivity contribution in [1.82, 2.24) is 14.7 Å². The molecule has 0 radical (unpaired) electrons. The molecular formula is C21H23BrN4O. The molecule has 1 N–H and O–H groups in total. The Bertz CT molecular complexity index is 929. The summed E-state index contributed by atoms with van der Waals surface area (Å²) in [5, 5.41) is 2.99. The smallest absolute Gasteiger partial charge is 0.226 e. The van der Waals surface area contributed by atoms with Crippen molar-refractivity contribution in [3.8, 4) is 0 Å². The Kier molecular flexibility index (Phi) is 5.43. The standard InChI is InChI=1S/C21H23BrN4O/c22-17-6-9-20-24-18(15-26(20)14-17)12-21(27)23-13-16-4-7-19(8-5-16)25-10-2-1-3-11-25/h4-9,14-15H,1-3,10-13H2,(H,23,27). The van der Waals surface area contributed by atoms with Crippen molar-refractivity contribution in [3.05, 3.63) is 64.5 Å². The van der Waals surface area contributed by atoms with E-state index in [1.807, 2.05) is 28.9 Å². The highest BCUT2D eigenvalue weighted by Crippen LogP contribution is 2.20. The molecule has 1 saturated heterocycles. The van der Waals surface area contributed by atoms with E-state index < -0.39 is 0 Å². The number of imidazole rings is 1. The average Bonchev–Trinajstić information content (AvgIpc) is 3.08. The van der Waals surface area contributed by atoms with Crippen LogP contribution in [0.1, 0.15) is 30.5 Å². The first-order chi connectivity index (χ1) is 13.2. The summed E-state index contributed by atoms with van der Waals surface area (Å²) >= 11 is 3.44. The molecule has 1 amide bonds. The Morgan fingerprint density at radius 2 is 1.81 bits per heavy atom. The summed E-state index contributed by atoms with van der Waals surface area (Å²) in [4.78, 5) is 19.2. The minimum absolute atomic E-state index is 0.0161. The van der Waals surface area contributed by atoms with Gasteiger partial charge in [0.1, 0.15) is 5.65 Å². The zero-order chi connectivity index (χ0) is 18.6. The van der Waals surface area contributed by atoms with Crippen molar-refractivity contribution >= 4 is 33.2 Å². The van der Waals surface area contributed by atoms with Crippen LogP contribution in [0.4, 0.5) is 5.69 Å². The first-order valence-corrected chi connectivity index (χ1v) is 10.2. The van der Waals surface area contributed by atoms with Crippen LogP contribution < -0.4 is 10.2 Å². The van der Waals surface area contributed by atoms with Gasteiger partial charge in [0.2, 0.25) is 5.91 Å². The van der Waals surface area contributed by atoms with E-state index in [1.54, 1.807) is 0 Å². The predicted octanol–water partition coefficient (Wildman–Crippen LogP) is 3.95. The molecule has 4 rings (SSSR count). The molecule has 0 atom stereocenters. The fourth-order valence-corrected chi connectivity index (χ4v) is 3.86. The zero-order valence-corrected chi connectivity index (χ0v) is 16.8. The molecule has 2 aromatic heterocycles. The highest BCUT2D eigenvalue weighted by molar-refractivity contribution is 9.10. The number of rotatable bonds is 5. The molecule has 0 bridgehead atoms.